The Morgan fingerprint density at radius 1 is 1.56 bits per heavy atom. The summed E-state index contributed by atoms with van der Waals surface area (Å²) in [6.07, 6.45) is 6.77. The van der Waals surface area contributed by atoms with Crippen LogP contribution in [0.4, 0.5) is 5.95 Å². The molecule has 1 aromatic rings. The van der Waals surface area contributed by atoms with Gasteiger partial charge in [0, 0.05) is 18.2 Å². The first-order valence-corrected chi connectivity index (χ1v) is 5.15. The second kappa shape index (κ2) is 5.72. The van der Waals surface area contributed by atoms with E-state index in [1.165, 1.54) is 0 Å². The highest BCUT2D eigenvalue weighted by Crippen LogP contribution is 2.08. The van der Waals surface area contributed by atoms with Crippen LogP contribution in [0.15, 0.2) is 6.07 Å². The van der Waals surface area contributed by atoms with Gasteiger partial charge < -0.3 is 5.32 Å². The number of nitriles is 1. The zero-order valence-corrected chi connectivity index (χ0v) is 9.49. The van der Waals surface area contributed by atoms with Crippen LogP contribution in [-0.2, 0) is 0 Å². The third kappa shape index (κ3) is 3.25. The summed E-state index contributed by atoms with van der Waals surface area (Å²) in [4.78, 5) is 8.28. The summed E-state index contributed by atoms with van der Waals surface area (Å²) in [6, 6.07) is 3.80. The third-order valence-corrected chi connectivity index (χ3v) is 2.16. The maximum atomic E-state index is 8.78. The van der Waals surface area contributed by atoms with Crippen molar-refractivity contribution in [3.05, 3.63) is 17.5 Å². The molecule has 1 rings (SSSR count). The molecule has 0 bridgehead atoms. The molecule has 0 aliphatic rings. The van der Waals surface area contributed by atoms with Crippen LogP contribution < -0.4 is 5.32 Å². The molecule has 0 aliphatic carbocycles. The number of hydrogen-bond donors (Lipinski definition) is 1. The Labute approximate surface area is 95.7 Å². The van der Waals surface area contributed by atoms with Gasteiger partial charge in [-0.15, -0.1) is 12.3 Å². The quantitative estimate of drug-likeness (QED) is 0.777. The van der Waals surface area contributed by atoms with Gasteiger partial charge in [0.2, 0.25) is 5.95 Å². The van der Waals surface area contributed by atoms with Gasteiger partial charge in [-0.25, -0.2) is 9.97 Å². The summed E-state index contributed by atoms with van der Waals surface area (Å²) in [5, 5.41) is 11.9. The number of rotatable bonds is 4. The minimum absolute atomic E-state index is 0.151. The number of aromatic nitrogens is 2. The van der Waals surface area contributed by atoms with Crippen molar-refractivity contribution in [1.29, 1.82) is 5.26 Å². The third-order valence-electron chi connectivity index (χ3n) is 2.16. The van der Waals surface area contributed by atoms with Gasteiger partial charge in [-0.1, -0.05) is 6.92 Å². The van der Waals surface area contributed by atoms with Crippen molar-refractivity contribution in [2.75, 3.05) is 5.32 Å². The van der Waals surface area contributed by atoms with Crippen molar-refractivity contribution >= 4 is 5.95 Å². The van der Waals surface area contributed by atoms with Crippen molar-refractivity contribution < 1.29 is 0 Å². The summed E-state index contributed by atoms with van der Waals surface area (Å²) < 4.78 is 0. The van der Waals surface area contributed by atoms with Gasteiger partial charge in [0.25, 0.3) is 0 Å². The lowest BCUT2D eigenvalue weighted by Crippen LogP contribution is -2.19. The van der Waals surface area contributed by atoms with E-state index in [4.69, 9.17) is 11.7 Å². The van der Waals surface area contributed by atoms with Gasteiger partial charge in [0.1, 0.15) is 11.8 Å². The Kier molecular flexibility index (Phi) is 4.29. The molecule has 4 nitrogen and oxygen atoms in total. The highest BCUT2D eigenvalue weighted by molar-refractivity contribution is 5.34. The van der Waals surface area contributed by atoms with E-state index in [2.05, 4.69) is 21.2 Å². The average molecular weight is 214 g/mol. The second-order valence-corrected chi connectivity index (χ2v) is 3.49. The highest BCUT2D eigenvalue weighted by Gasteiger charge is 2.07. The number of nitrogens with one attached hydrogen (secondary N) is 1. The molecule has 1 heterocycles. The lowest BCUT2D eigenvalue weighted by molar-refractivity contribution is 0.705. The highest BCUT2D eigenvalue weighted by atomic mass is 15.1. The number of nitrogens with zero attached hydrogens (tertiary/aromatic N) is 3. The molecule has 16 heavy (non-hydrogen) atoms. The van der Waals surface area contributed by atoms with E-state index < -0.39 is 0 Å². The van der Waals surface area contributed by atoms with E-state index in [-0.39, 0.29) is 6.04 Å². The van der Waals surface area contributed by atoms with Crippen LogP contribution in [0.3, 0.4) is 0 Å². The van der Waals surface area contributed by atoms with Crippen LogP contribution in [0, 0.1) is 30.6 Å². The number of anilines is 1. The summed E-state index contributed by atoms with van der Waals surface area (Å²) in [7, 11) is 0. The summed E-state index contributed by atoms with van der Waals surface area (Å²) in [5.74, 6) is 3.07. The molecule has 0 spiro atoms. The number of hydrogen-bond acceptors (Lipinski definition) is 4. The predicted molar refractivity (Wildman–Crippen MR) is 62.6 cm³/mol. The van der Waals surface area contributed by atoms with Crippen molar-refractivity contribution in [3.63, 3.8) is 0 Å². The van der Waals surface area contributed by atoms with E-state index in [9.17, 15) is 0 Å². The van der Waals surface area contributed by atoms with Crippen LogP contribution in [0.1, 0.15) is 31.2 Å². The van der Waals surface area contributed by atoms with Gasteiger partial charge in [0.05, 0.1) is 0 Å². The fourth-order valence-electron chi connectivity index (χ4n) is 1.31. The van der Waals surface area contributed by atoms with Crippen LogP contribution in [0.25, 0.3) is 0 Å². The van der Waals surface area contributed by atoms with Crippen molar-refractivity contribution in [3.8, 4) is 18.4 Å². The minimum Gasteiger partial charge on any atom is -0.351 e. The van der Waals surface area contributed by atoms with Crippen molar-refractivity contribution in [1.82, 2.24) is 9.97 Å². The van der Waals surface area contributed by atoms with Crippen molar-refractivity contribution in [2.24, 2.45) is 0 Å². The number of terminal acetylenes is 1. The predicted octanol–water partition coefficient (Wildman–Crippen LogP) is 1.87. The lowest BCUT2D eigenvalue weighted by atomic mass is 10.1. The van der Waals surface area contributed by atoms with E-state index in [0.717, 1.165) is 12.1 Å². The topological polar surface area (TPSA) is 61.6 Å². The molecule has 1 unspecified atom stereocenters. The van der Waals surface area contributed by atoms with Gasteiger partial charge in [-0.3, -0.25) is 0 Å². The van der Waals surface area contributed by atoms with Crippen LogP contribution in [-0.4, -0.2) is 16.0 Å². The molecule has 0 radical (unpaired) electrons. The zero-order valence-electron chi connectivity index (χ0n) is 9.49. The molecule has 0 saturated heterocycles. The maximum absolute atomic E-state index is 8.78. The first kappa shape index (κ1) is 12.0. The monoisotopic (exact) mass is 214 g/mol. The van der Waals surface area contributed by atoms with Gasteiger partial charge in [-0.05, 0) is 19.4 Å². The fraction of sp³-hybridized carbons (Fsp3) is 0.417. The van der Waals surface area contributed by atoms with E-state index in [0.29, 0.717) is 18.1 Å². The van der Waals surface area contributed by atoms with Gasteiger partial charge >= 0.3 is 0 Å². The van der Waals surface area contributed by atoms with Crippen LogP contribution >= 0.6 is 0 Å². The fourth-order valence-corrected chi connectivity index (χ4v) is 1.31. The molecular weight excluding hydrogens is 200 g/mol. The first-order chi connectivity index (χ1) is 7.69. The average Bonchev–Trinajstić information content (AvgIpc) is 2.27. The lowest BCUT2D eigenvalue weighted by Gasteiger charge is -2.14. The van der Waals surface area contributed by atoms with E-state index in [1.807, 2.05) is 19.9 Å². The Morgan fingerprint density at radius 3 is 2.88 bits per heavy atom. The molecule has 1 N–H and O–H groups in total. The molecule has 1 atom stereocenters. The molecule has 82 valence electrons. The molecule has 0 aliphatic heterocycles. The molecule has 0 saturated carbocycles. The van der Waals surface area contributed by atoms with Crippen molar-refractivity contribution in [2.45, 2.75) is 32.7 Å². The normalized spacial score (nSPS) is 11.2. The summed E-state index contributed by atoms with van der Waals surface area (Å²) >= 11 is 0. The summed E-state index contributed by atoms with van der Waals surface area (Å²) in [5.41, 5.74) is 1.13. The number of aryl methyl sites for hydroxylation is 1. The molecule has 0 fully saturated rings. The Morgan fingerprint density at radius 2 is 2.31 bits per heavy atom. The molecule has 0 amide bonds. The molecular formula is C12H14N4. The standard InChI is InChI=1S/C12H14N4/c1-4-6-10(5-2)15-12-14-9(3)7-11(8-13)16-12/h1,7,10H,5-6H2,2-3H3,(H,14,15,16). The van der Waals surface area contributed by atoms with E-state index >= 15 is 0 Å². The maximum Gasteiger partial charge on any atom is 0.224 e. The molecule has 1 aromatic heterocycles. The van der Waals surface area contributed by atoms with Gasteiger partial charge in [0.15, 0.2) is 0 Å². The SMILES string of the molecule is C#CCC(CC)Nc1nc(C)cc(C#N)n1. The Hall–Kier alpha value is -2.07. The van der Waals surface area contributed by atoms with Crippen LogP contribution in [0.5, 0.6) is 0 Å². The molecule has 0 aromatic carbocycles. The zero-order chi connectivity index (χ0) is 12.0. The minimum atomic E-state index is 0.151. The smallest absolute Gasteiger partial charge is 0.224 e. The van der Waals surface area contributed by atoms with E-state index in [1.54, 1.807) is 6.07 Å². The summed E-state index contributed by atoms with van der Waals surface area (Å²) in [6.45, 7) is 3.87. The Balaban J connectivity index is 2.85. The molecule has 4 heteroatoms. The van der Waals surface area contributed by atoms with Crippen LogP contribution in [0.2, 0.25) is 0 Å². The largest absolute Gasteiger partial charge is 0.351 e. The first-order valence-electron chi connectivity index (χ1n) is 5.15. The second-order valence-electron chi connectivity index (χ2n) is 3.49. The van der Waals surface area contributed by atoms with Gasteiger partial charge in [-0.2, -0.15) is 5.26 Å². The Bertz CT molecular complexity index is 439.